The molecule has 3 rings (SSSR count). The number of rotatable bonds is 8. The lowest BCUT2D eigenvalue weighted by molar-refractivity contribution is 0.0619. The minimum atomic E-state index is -0.465. The van der Waals surface area contributed by atoms with E-state index in [1.807, 2.05) is 18.2 Å². The van der Waals surface area contributed by atoms with Crippen molar-refractivity contribution >= 4 is 0 Å². The van der Waals surface area contributed by atoms with Gasteiger partial charge in [-0.25, -0.2) is 0 Å². The highest BCUT2D eigenvalue weighted by molar-refractivity contribution is 5.70. The Morgan fingerprint density at radius 1 is 1.00 bits per heavy atom. The van der Waals surface area contributed by atoms with Crippen LogP contribution in [-0.4, -0.2) is 48.9 Å². The number of para-hydroxylation sites is 1. The Balaban J connectivity index is 1.61. The van der Waals surface area contributed by atoms with E-state index in [1.165, 1.54) is 24.8 Å². The van der Waals surface area contributed by atoms with Crippen molar-refractivity contribution in [2.75, 3.05) is 32.8 Å². The van der Waals surface area contributed by atoms with Crippen molar-refractivity contribution in [3.63, 3.8) is 0 Å². The number of nitrogens with zero attached hydrogens (tertiary/aromatic N) is 1. The molecule has 4 heteroatoms. The Labute approximate surface area is 156 Å². The van der Waals surface area contributed by atoms with Gasteiger partial charge in [0.15, 0.2) is 0 Å². The molecule has 0 radical (unpaired) electrons. The molecule has 0 aliphatic carbocycles. The summed E-state index contributed by atoms with van der Waals surface area (Å²) < 4.78 is 5.98. The molecule has 0 saturated carbocycles. The van der Waals surface area contributed by atoms with Gasteiger partial charge in [0.25, 0.3) is 0 Å². The van der Waals surface area contributed by atoms with Crippen LogP contribution in [0.4, 0.5) is 0 Å². The third-order valence-corrected chi connectivity index (χ3v) is 4.93. The molecule has 4 nitrogen and oxygen atoms in total. The quantitative estimate of drug-likeness (QED) is 0.765. The van der Waals surface area contributed by atoms with Crippen LogP contribution in [0.15, 0.2) is 48.5 Å². The van der Waals surface area contributed by atoms with Crippen LogP contribution in [-0.2, 0) is 6.42 Å². The van der Waals surface area contributed by atoms with Crippen LogP contribution in [0.5, 0.6) is 5.75 Å². The molecule has 26 heavy (non-hydrogen) atoms. The predicted molar refractivity (Wildman–Crippen MR) is 106 cm³/mol. The van der Waals surface area contributed by atoms with Crippen LogP contribution in [0.1, 0.15) is 24.8 Å². The van der Waals surface area contributed by atoms with Crippen LogP contribution >= 0.6 is 0 Å². The molecule has 1 heterocycles. The van der Waals surface area contributed by atoms with Crippen molar-refractivity contribution in [2.45, 2.75) is 31.8 Å². The van der Waals surface area contributed by atoms with Gasteiger partial charge in [0.05, 0.1) is 0 Å². The molecular formula is C22H30N2O2. The zero-order valence-electron chi connectivity index (χ0n) is 15.4. The summed E-state index contributed by atoms with van der Waals surface area (Å²) in [7, 11) is 0. The third-order valence-electron chi connectivity index (χ3n) is 4.93. The van der Waals surface area contributed by atoms with E-state index in [1.54, 1.807) is 0 Å². The van der Waals surface area contributed by atoms with Gasteiger partial charge < -0.3 is 20.5 Å². The molecule has 1 fully saturated rings. The van der Waals surface area contributed by atoms with E-state index in [4.69, 9.17) is 10.5 Å². The normalized spacial score (nSPS) is 16.4. The van der Waals surface area contributed by atoms with Crippen molar-refractivity contribution < 1.29 is 9.84 Å². The zero-order valence-corrected chi connectivity index (χ0v) is 15.4. The fourth-order valence-electron chi connectivity index (χ4n) is 3.53. The highest BCUT2D eigenvalue weighted by atomic mass is 16.5. The lowest BCUT2D eigenvalue weighted by Crippen LogP contribution is -2.38. The summed E-state index contributed by atoms with van der Waals surface area (Å²) in [5.41, 5.74) is 9.03. The first-order valence-corrected chi connectivity index (χ1v) is 9.68. The smallest absolute Gasteiger partial charge is 0.127 e. The van der Waals surface area contributed by atoms with E-state index in [-0.39, 0.29) is 0 Å². The van der Waals surface area contributed by atoms with Crippen molar-refractivity contribution in [1.82, 2.24) is 4.90 Å². The molecule has 140 valence electrons. The largest absolute Gasteiger partial charge is 0.490 e. The first-order valence-electron chi connectivity index (χ1n) is 9.68. The molecule has 0 spiro atoms. The molecule has 3 N–H and O–H groups in total. The van der Waals surface area contributed by atoms with E-state index in [0.717, 1.165) is 36.4 Å². The third kappa shape index (κ3) is 5.31. The Bertz CT molecular complexity index is 666. The summed E-state index contributed by atoms with van der Waals surface area (Å²) in [4.78, 5) is 2.33. The van der Waals surface area contributed by atoms with Gasteiger partial charge in [-0.05, 0) is 56.1 Å². The summed E-state index contributed by atoms with van der Waals surface area (Å²) in [5.74, 6) is 0.816. The highest BCUT2D eigenvalue weighted by Crippen LogP contribution is 2.30. The van der Waals surface area contributed by atoms with Gasteiger partial charge in [-0.3, -0.25) is 0 Å². The molecule has 0 bridgehead atoms. The maximum atomic E-state index is 10.3. The van der Waals surface area contributed by atoms with Crippen LogP contribution in [0, 0.1) is 0 Å². The van der Waals surface area contributed by atoms with Gasteiger partial charge in [0, 0.05) is 12.1 Å². The van der Waals surface area contributed by atoms with E-state index in [0.29, 0.717) is 19.7 Å². The van der Waals surface area contributed by atoms with Crippen LogP contribution in [0.3, 0.4) is 0 Å². The average Bonchev–Trinajstić information content (AvgIpc) is 2.68. The monoisotopic (exact) mass is 354 g/mol. The zero-order chi connectivity index (χ0) is 18.2. The average molecular weight is 354 g/mol. The second-order valence-corrected chi connectivity index (χ2v) is 7.06. The van der Waals surface area contributed by atoms with Crippen molar-refractivity contribution in [1.29, 1.82) is 0 Å². The van der Waals surface area contributed by atoms with E-state index >= 15 is 0 Å². The number of piperidine rings is 1. The van der Waals surface area contributed by atoms with Crippen LogP contribution in [0.2, 0.25) is 0 Å². The highest BCUT2D eigenvalue weighted by Gasteiger charge is 2.15. The van der Waals surface area contributed by atoms with E-state index in [9.17, 15) is 5.11 Å². The lowest BCUT2D eigenvalue weighted by Gasteiger charge is -2.28. The topological polar surface area (TPSA) is 58.7 Å². The standard InChI is InChI=1S/C22H30N2O2/c23-13-12-18-8-10-19(11-9-18)21-6-2-3-7-22(21)26-17-20(25)16-24-14-4-1-5-15-24/h2-3,6-11,20,25H,1,4-5,12-17,23H2. The second-order valence-electron chi connectivity index (χ2n) is 7.06. The minimum absolute atomic E-state index is 0.318. The van der Waals surface area contributed by atoms with Gasteiger partial charge in [-0.1, -0.05) is 48.9 Å². The number of hydrogen-bond donors (Lipinski definition) is 2. The molecule has 0 amide bonds. The second kappa shape index (κ2) is 9.72. The maximum absolute atomic E-state index is 10.3. The molecule has 2 aromatic carbocycles. The molecule has 1 atom stereocenters. The molecule has 1 aliphatic rings. The van der Waals surface area contributed by atoms with Crippen molar-refractivity contribution in [2.24, 2.45) is 5.73 Å². The van der Waals surface area contributed by atoms with E-state index < -0.39 is 6.10 Å². The van der Waals surface area contributed by atoms with Gasteiger partial charge in [-0.2, -0.15) is 0 Å². The number of likely N-dealkylation sites (tertiary alicyclic amines) is 1. The fraction of sp³-hybridized carbons (Fsp3) is 0.455. The number of β-amino-alcohol motifs (C(OH)–C–C–N with tert-alkyl or cyclic N) is 1. The van der Waals surface area contributed by atoms with Crippen LogP contribution < -0.4 is 10.5 Å². The number of aliphatic hydroxyl groups excluding tert-OH is 1. The molecular weight excluding hydrogens is 324 g/mol. The molecule has 1 saturated heterocycles. The summed E-state index contributed by atoms with van der Waals surface area (Å²) in [5, 5.41) is 10.3. The minimum Gasteiger partial charge on any atom is -0.490 e. The van der Waals surface area contributed by atoms with Crippen LogP contribution in [0.25, 0.3) is 11.1 Å². The molecule has 1 unspecified atom stereocenters. The Morgan fingerprint density at radius 3 is 2.46 bits per heavy atom. The molecule has 2 aromatic rings. The number of aliphatic hydroxyl groups is 1. The summed E-state index contributed by atoms with van der Waals surface area (Å²) >= 11 is 0. The fourth-order valence-corrected chi connectivity index (χ4v) is 3.53. The van der Waals surface area contributed by atoms with E-state index in [2.05, 4.69) is 35.2 Å². The summed E-state index contributed by atoms with van der Waals surface area (Å²) in [6.45, 7) is 3.84. The lowest BCUT2D eigenvalue weighted by atomic mass is 10.0. The van der Waals surface area contributed by atoms with Crippen molar-refractivity contribution in [3.8, 4) is 16.9 Å². The summed E-state index contributed by atoms with van der Waals surface area (Å²) in [6, 6.07) is 16.5. The van der Waals surface area contributed by atoms with Gasteiger partial charge in [-0.15, -0.1) is 0 Å². The van der Waals surface area contributed by atoms with Gasteiger partial charge in [0.1, 0.15) is 18.5 Å². The summed E-state index contributed by atoms with van der Waals surface area (Å²) in [6.07, 6.45) is 4.20. The van der Waals surface area contributed by atoms with Gasteiger partial charge >= 0.3 is 0 Å². The van der Waals surface area contributed by atoms with Crippen molar-refractivity contribution in [3.05, 3.63) is 54.1 Å². The first-order chi connectivity index (χ1) is 12.8. The maximum Gasteiger partial charge on any atom is 0.127 e. The SMILES string of the molecule is NCCc1ccc(-c2ccccc2OCC(O)CN2CCCCC2)cc1. The Morgan fingerprint density at radius 2 is 1.73 bits per heavy atom. The molecule has 0 aromatic heterocycles. The Kier molecular flexibility index (Phi) is 7.06. The Hall–Kier alpha value is -1.88. The number of hydrogen-bond acceptors (Lipinski definition) is 4. The predicted octanol–water partition coefficient (Wildman–Crippen LogP) is 3.08. The molecule has 1 aliphatic heterocycles. The number of nitrogens with two attached hydrogens (primary N) is 1. The first kappa shape index (κ1) is 18.9. The number of benzene rings is 2. The van der Waals surface area contributed by atoms with Gasteiger partial charge in [0.2, 0.25) is 0 Å². The number of ether oxygens (including phenoxy) is 1.